The number of benzene rings is 5. The van der Waals surface area contributed by atoms with Gasteiger partial charge in [0.25, 0.3) is 0 Å². The van der Waals surface area contributed by atoms with Gasteiger partial charge in [-0.25, -0.2) is 15.0 Å². The smallest absolute Gasteiger partial charge is 0.164 e. The molecular formula is C36H22N4O. The predicted molar refractivity (Wildman–Crippen MR) is 164 cm³/mol. The van der Waals surface area contributed by atoms with Crippen LogP contribution in [-0.4, -0.2) is 19.9 Å². The van der Waals surface area contributed by atoms with E-state index in [9.17, 15) is 0 Å². The molecule has 0 saturated carbocycles. The number of fused-ring (bicyclic) bond motifs is 5. The van der Waals surface area contributed by atoms with E-state index in [-0.39, 0.29) is 0 Å². The third-order valence-electron chi connectivity index (χ3n) is 7.44. The maximum Gasteiger partial charge on any atom is 0.164 e. The molecule has 0 aliphatic carbocycles. The number of aromatic nitrogens is 4. The molecule has 5 aromatic carbocycles. The van der Waals surface area contributed by atoms with Crippen LogP contribution in [-0.2, 0) is 0 Å². The van der Waals surface area contributed by atoms with Gasteiger partial charge in [0, 0.05) is 45.2 Å². The molecule has 0 fully saturated rings. The summed E-state index contributed by atoms with van der Waals surface area (Å²) in [5.41, 5.74) is 6.65. The average molecular weight is 527 g/mol. The summed E-state index contributed by atoms with van der Waals surface area (Å²) in [5, 5.41) is 4.04. The Bertz CT molecular complexity index is 2190. The lowest BCUT2D eigenvalue weighted by Gasteiger charge is -2.10. The first kappa shape index (κ1) is 23.2. The van der Waals surface area contributed by atoms with Crippen LogP contribution < -0.4 is 0 Å². The Morgan fingerprint density at radius 2 is 1.10 bits per heavy atom. The molecule has 192 valence electrons. The molecular weight excluding hydrogens is 504 g/mol. The van der Waals surface area contributed by atoms with E-state index in [1.165, 1.54) is 5.56 Å². The summed E-state index contributed by atoms with van der Waals surface area (Å²) in [6, 6.07) is 41.0. The number of nitrogens with zero attached hydrogens (tertiary/aromatic N) is 4. The van der Waals surface area contributed by atoms with Crippen molar-refractivity contribution in [2.45, 2.75) is 0 Å². The van der Waals surface area contributed by atoms with E-state index in [1.54, 1.807) is 6.20 Å². The van der Waals surface area contributed by atoms with Crippen molar-refractivity contribution in [1.82, 2.24) is 19.9 Å². The molecule has 0 unspecified atom stereocenters. The Balaban J connectivity index is 1.34. The third-order valence-corrected chi connectivity index (χ3v) is 7.44. The zero-order valence-corrected chi connectivity index (χ0v) is 21.9. The Kier molecular flexibility index (Phi) is 5.38. The quantitative estimate of drug-likeness (QED) is 0.229. The fraction of sp³-hybridized carbons (Fsp3) is 0. The van der Waals surface area contributed by atoms with Gasteiger partial charge in [0.1, 0.15) is 11.2 Å². The van der Waals surface area contributed by atoms with E-state index in [2.05, 4.69) is 59.6 Å². The summed E-state index contributed by atoms with van der Waals surface area (Å²) < 4.78 is 6.40. The second-order valence-electron chi connectivity index (χ2n) is 9.94. The Hall–Kier alpha value is -5.68. The van der Waals surface area contributed by atoms with Gasteiger partial charge in [-0.05, 0) is 34.7 Å². The highest BCUT2D eigenvalue weighted by Crippen LogP contribution is 2.39. The van der Waals surface area contributed by atoms with Gasteiger partial charge in [-0.2, -0.15) is 0 Å². The summed E-state index contributed by atoms with van der Waals surface area (Å²) in [5.74, 6) is 1.84. The number of hydrogen-bond donors (Lipinski definition) is 0. The van der Waals surface area contributed by atoms with Crippen molar-refractivity contribution in [3.05, 3.63) is 134 Å². The van der Waals surface area contributed by atoms with Crippen molar-refractivity contribution < 1.29 is 4.42 Å². The average Bonchev–Trinajstić information content (AvgIpc) is 3.45. The molecule has 0 radical (unpaired) electrons. The first-order chi connectivity index (χ1) is 20.3. The van der Waals surface area contributed by atoms with E-state index in [0.717, 1.165) is 55.0 Å². The largest absolute Gasteiger partial charge is 0.455 e. The summed E-state index contributed by atoms with van der Waals surface area (Å²) >= 11 is 0. The lowest BCUT2D eigenvalue weighted by molar-refractivity contribution is 0.672. The molecule has 0 spiro atoms. The zero-order valence-electron chi connectivity index (χ0n) is 21.9. The number of pyridine rings is 1. The third kappa shape index (κ3) is 4.03. The van der Waals surface area contributed by atoms with Gasteiger partial charge in [0.15, 0.2) is 17.5 Å². The van der Waals surface area contributed by atoms with Crippen molar-refractivity contribution >= 4 is 32.7 Å². The van der Waals surface area contributed by atoms with Gasteiger partial charge in [-0.1, -0.05) is 103 Å². The number of furan rings is 1. The first-order valence-electron chi connectivity index (χ1n) is 13.5. The van der Waals surface area contributed by atoms with Crippen LogP contribution in [0.25, 0.3) is 78.0 Å². The minimum Gasteiger partial charge on any atom is -0.455 e. The van der Waals surface area contributed by atoms with Crippen LogP contribution in [0.4, 0.5) is 0 Å². The summed E-state index contributed by atoms with van der Waals surface area (Å²) in [4.78, 5) is 19.3. The summed E-state index contributed by atoms with van der Waals surface area (Å²) in [6.45, 7) is 0. The molecule has 3 aromatic heterocycles. The standard InChI is InChI=1S/C36H22N4O/c1-3-8-23(9-4-1)24-14-16-27(17-15-24)35-38-34(26-10-5-2-6-11-26)39-36(40-35)29-12-7-13-31-32(29)28-19-18-25-20-21-37-22-30(25)33(28)41-31/h1-22H. The molecule has 0 saturated heterocycles. The molecule has 5 heteroatoms. The van der Waals surface area contributed by atoms with Gasteiger partial charge in [0.05, 0.1) is 0 Å². The maximum atomic E-state index is 6.40. The van der Waals surface area contributed by atoms with Crippen LogP contribution in [0.5, 0.6) is 0 Å². The molecule has 8 rings (SSSR count). The van der Waals surface area contributed by atoms with Crippen LogP contribution in [0.1, 0.15) is 0 Å². The van der Waals surface area contributed by atoms with Crippen molar-refractivity contribution in [1.29, 1.82) is 0 Å². The second-order valence-corrected chi connectivity index (χ2v) is 9.94. The summed E-state index contributed by atoms with van der Waals surface area (Å²) in [6.07, 6.45) is 3.65. The predicted octanol–water partition coefficient (Wildman–Crippen LogP) is 8.99. The van der Waals surface area contributed by atoms with Crippen LogP contribution in [0, 0.1) is 0 Å². The molecule has 0 N–H and O–H groups in total. The Labute approximate surface area is 235 Å². The molecule has 0 atom stereocenters. The molecule has 0 bridgehead atoms. The highest BCUT2D eigenvalue weighted by atomic mass is 16.3. The van der Waals surface area contributed by atoms with Crippen molar-refractivity contribution in [2.75, 3.05) is 0 Å². The highest BCUT2D eigenvalue weighted by molar-refractivity contribution is 6.18. The number of rotatable bonds is 4. The van der Waals surface area contributed by atoms with E-state index in [0.29, 0.717) is 17.5 Å². The van der Waals surface area contributed by atoms with Gasteiger partial charge in [0.2, 0.25) is 0 Å². The molecule has 41 heavy (non-hydrogen) atoms. The van der Waals surface area contributed by atoms with Crippen molar-refractivity contribution in [3.63, 3.8) is 0 Å². The Morgan fingerprint density at radius 1 is 0.463 bits per heavy atom. The number of hydrogen-bond acceptors (Lipinski definition) is 5. The first-order valence-corrected chi connectivity index (χ1v) is 13.5. The van der Waals surface area contributed by atoms with Gasteiger partial charge < -0.3 is 4.42 Å². The molecule has 0 aliphatic rings. The van der Waals surface area contributed by atoms with E-state index >= 15 is 0 Å². The fourth-order valence-electron chi connectivity index (χ4n) is 5.42. The minimum atomic E-state index is 0.598. The van der Waals surface area contributed by atoms with E-state index in [1.807, 2.05) is 72.9 Å². The molecule has 0 amide bonds. The molecule has 3 heterocycles. The Morgan fingerprint density at radius 3 is 1.85 bits per heavy atom. The van der Waals surface area contributed by atoms with E-state index < -0.39 is 0 Å². The van der Waals surface area contributed by atoms with Gasteiger partial charge in [-0.15, -0.1) is 0 Å². The topological polar surface area (TPSA) is 64.7 Å². The molecule has 5 nitrogen and oxygen atoms in total. The SMILES string of the molecule is c1ccc(-c2ccc(-c3nc(-c4ccccc4)nc(-c4cccc5oc6c7cnccc7ccc6c45)n3)cc2)cc1. The fourth-order valence-corrected chi connectivity index (χ4v) is 5.42. The van der Waals surface area contributed by atoms with Crippen molar-refractivity contribution in [2.24, 2.45) is 0 Å². The van der Waals surface area contributed by atoms with Crippen molar-refractivity contribution in [3.8, 4) is 45.3 Å². The van der Waals surface area contributed by atoms with Crippen LogP contribution >= 0.6 is 0 Å². The summed E-state index contributed by atoms with van der Waals surface area (Å²) in [7, 11) is 0. The monoisotopic (exact) mass is 526 g/mol. The lowest BCUT2D eigenvalue weighted by Crippen LogP contribution is -2.00. The lowest BCUT2D eigenvalue weighted by atomic mass is 10.0. The normalized spacial score (nSPS) is 11.4. The molecule has 0 aliphatic heterocycles. The highest BCUT2D eigenvalue weighted by Gasteiger charge is 2.18. The molecule has 8 aromatic rings. The van der Waals surface area contributed by atoms with Crippen LogP contribution in [0.15, 0.2) is 138 Å². The van der Waals surface area contributed by atoms with Crippen LogP contribution in [0.3, 0.4) is 0 Å². The second kappa shape index (κ2) is 9.50. The maximum absolute atomic E-state index is 6.40. The van der Waals surface area contributed by atoms with Gasteiger partial charge in [-0.3, -0.25) is 4.98 Å². The van der Waals surface area contributed by atoms with E-state index in [4.69, 9.17) is 19.4 Å². The van der Waals surface area contributed by atoms with Crippen LogP contribution in [0.2, 0.25) is 0 Å². The zero-order chi connectivity index (χ0) is 27.2. The van der Waals surface area contributed by atoms with Gasteiger partial charge >= 0.3 is 0 Å². The minimum absolute atomic E-state index is 0.598.